The van der Waals surface area contributed by atoms with Gasteiger partial charge >= 0.3 is 0 Å². The molecular weight excluding hydrogens is 348 g/mol. The van der Waals surface area contributed by atoms with Crippen molar-refractivity contribution in [1.82, 2.24) is 5.32 Å². The van der Waals surface area contributed by atoms with Crippen molar-refractivity contribution in [1.29, 1.82) is 0 Å². The Labute approximate surface area is 130 Å². The van der Waals surface area contributed by atoms with Crippen LogP contribution in [-0.2, 0) is 6.42 Å². The van der Waals surface area contributed by atoms with Crippen molar-refractivity contribution in [3.8, 4) is 0 Å². The molecule has 2 rings (SSSR count). The molecule has 0 saturated heterocycles. The third kappa shape index (κ3) is 3.57. The van der Waals surface area contributed by atoms with Crippen LogP contribution in [0.4, 0.5) is 8.78 Å². The Morgan fingerprint density at radius 1 is 1.20 bits per heavy atom. The van der Waals surface area contributed by atoms with E-state index in [0.29, 0.717) is 6.42 Å². The van der Waals surface area contributed by atoms with E-state index in [4.69, 9.17) is 11.6 Å². The summed E-state index contributed by atoms with van der Waals surface area (Å²) in [5.74, 6) is -0.729. The molecule has 1 N–H and O–H groups in total. The van der Waals surface area contributed by atoms with Crippen LogP contribution in [0.25, 0.3) is 0 Å². The molecule has 2 aromatic rings. The van der Waals surface area contributed by atoms with Crippen LogP contribution in [0.2, 0.25) is 5.02 Å². The fourth-order valence-corrected chi connectivity index (χ4v) is 2.63. The summed E-state index contributed by atoms with van der Waals surface area (Å²) in [5.41, 5.74) is 1.69. The molecule has 0 fully saturated rings. The minimum atomic E-state index is -0.447. The summed E-state index contributed by atoms with van der Waals surface area (Å²) in [7, 11) is 1.80. The SMILES string of the molecule is CNC(Cc1cc(F)ccc1Br)c1ccc(F)c(Cl)c1. The van der Waals surface area contributed by atoms with Crippen molar-refractivity contribution < 1.29 is 8.78 Å². The standard InChI is InChI=1S/C15H13BrClF2N/c1-20-15(9-2-5-14(19)13(17)7-9)8-10-6-11(18)3-4-12(10)16/h2-7,15,20H,8H2,1H3. The van der Waals surface area contributed by atoms with Crippen molar-refractivity contribution in [2.75, 3.05) is 7.05 Å². The molecule has 2 aromatic carbocycles. The van der Waals surface area contributed by atoms with Gasteiger partial charge in [-0.3, -0.25) is 0 Å². The van der Waals surface area contributed by atoms with E-state index >= 15 is 0 Å². The molecule has 0 radical (unpaired) electrons. The molecule has 106 valence electrons. The van der Waals surface area contributed by atoms with Crippen LogP contribution in [0.3, 0.4) is 0 Å². The third-order valence-electron chi connectivity index (χ3n) is 3.13. The van der Waals surface area contributed by atoms with E-state index in [1.165, 1.54) is 18.2 Å². The van der Waals surface area contributed by atoms with Gasteiger partial charge in [-0.2, -0.15) is 0 Å². The molecule has 1 atom stereocenters. The number of nitrogens with one attached hydrogen (secondary N) is 1. The van der Waals surface area contributed by atoms with Crippen LogP contribution in [0.5, 0.6) is 0 Å². The summed E-state index contributed by atoms with van der Waals surface area (Å²) in [5, 5.41) is 3.22. The molecule has 20 heavy (non-hydrogen) atoms. The second-order valence-electron chi connectivity index (χ2n) is 4.45. The van der Waals surface area contributed by atoms with Gasteiger partial charge in [0.15, 0.2) is 0 Å². The highest BCUT2D eigenvalue weighted by molar-refractivity contribution is 9.10. The van der Waals surface area contributed by atoms with Crippen LogP contribution in [0.15, 0.2) is 40.9 Å². The lowest BCUT2D eigenvalue weighted by molar-refractivity contribution is 0.579. The molecule has 0 spiro atoms. The minimum Gasteiger partial charge on any atom is -0.313 e. The van der Waals surface area contributed by atoms with E-state index in [-0.39, 0.29) is 16.9 Å². The van der Waals surface area contributed by atoms with Crippen molar-refractivity contribution in [3.05, 3.63) is 68.7 Å². The number of likely N-dealkylation sites (N-methyl/N-ethyl adjacent to an activating group) is 1. The van der Waals surface area contributed by atoms with Crippen LogP contribution in [0, 0.1) is 11.6 Å². The number of benzene rings is 2. The van der Waals surface area contributed by atoms with Crippen molar-refractivity contribution in [2.45, 2.75) is 12.5 Å². The molecule has 0 bridgehead atoms. The maximum absolute atomic E-state index is 13.3. The summed E-state index contributed by atoms with van der Waals surface area (Å²) in [4.78, 5) is 0. The van der Waals surface area contributed by atoms with Crippen molar-refractivity contribution in [2.24, 2.45) is 0 Å². The topological polar surface area (TPSA) is 12.0 Å². The molecule has 0 saturated carbocycles. The fraction of sp³-hybridized carbons (Fsp3) is 0.200. The zero-order chi connectivity index (χ0) is 14.7. The van der Waals surface area contributed by atoms with Gasteiger partial charge in [0.2, 0.25) is 0 Å². The van der Waals surface area contributed by atoms with Gasteiger partial charge in [0, 0.05) is 10.5 Å². The smallest absolute Gasteiger partial charge is 0.141 e. The highest BCUT2D eigenvalue weighted by Gasteiger charge is 2.14. The maximum Gasteiger partial charge on any atom is 0.141 e. The first kappa shape index (κ1) is 15.4. The predicted octanol–water partition coefficient (Wildman–Crippen LogP) is 4.88. The molecule has 0 amide bonds. The van der Waals surface area contributed by atoms with Gasteiger partial charge in [-0.25, -0.2) is 8.78 Å². The van der Waals surface area contributed by atoms with Crippen molar-refractivity contribution >= 4 is 27.5 Å². The Bertz CT molecular complexity index is 619. The largest absolute Gasteiger partial charge is 0.313 e. The van der Waals surface area contributed by atoms with E-state index in [2.05, 4.69) is 21.2 Å². The Morgan fingerprint density at radius 3 is 2.60 bits per heavy atom. The van der Waals surface area contributed by atoms with E-state index in [9.17, 15) is 8.78 Å². The van der Waals surface area contributed by atoms with Gasteiger partial charge < -0.3 is 5.32 Å². The molecule has 0 aliphatic carbocycles. The van der Waals surface area contributed by atoms with Gasteiger partial charge in [0.25, 0.3) is 0 Å². The van der Waals surface area contributed by atoms with Gasteiger partial charge in [-0.1, -0.05) is 33.6 Å². The van der Waals surface area contributed by atoms with Gasteiger partial charge in [-0.15, -0.1) is 0 Å². The summed E-state index contributed by atoms with van der Waals surface area (Å²) in [6.45, 7) is 0. The summed E-state index contributed by atoms with van der Waals surface area (Å²) in [6.07, 6.45) is 0.566. The van der Waals surface area contributed by atoms with Crippen molar-refractivity contribution in [3.63, 3.8) is 0 Å². The third-order valence-corrected chi connectivity index (χ3v) is 4.19. The molecule has 0 heterocycles. The lowest BCUT2D eigenvalue weighted by Crippen LogP contribution is -2.19. The van der Waals surface area contributed by atoms with Crippen LogP contribution in [-0.4, -0.2) is 7.05 Å². The summed E-state index contributed by atoms with van der Waals surface area (Å²) in [6, 6.07) is 9.08. The number of halogens is 4. The first-order valence-corrected chi connectivity index (χ1v) is 7.24. The van der Waals surface area contributed by atoms with Crippen LogP contribution >= 0.6 is 27.5 Å². The molecule has 1 unspecified atom stereocenters. The van der Waals surface area contributed by atoms with E-state index in [1.54, 1.807) is 25.2 Å². The van der Waals surface area contributed by atoms with Crippen LogP contribution < -0.4 is 5.32 Å². The summed E-state index contributed by atoms with van der Waals surface area (Å²) < 4.78 is 27.3. The quantitative estimate of drug-likeness (QED) is 0.819. The predicted molar refractivity (Wildman–Crippen MR) is 81.0 cm³/mol. The molecule has 5 heteroatoms. The molecule has 0 aliphatic rings. The zero-order valence-corrected chi connectivity index (χ0v) is 13.1. The maximum atomic E-state index is 13.3. The molecule has 1 nitrogen and oxygen atoms in total. The number of rotatable bonds is 4. The Kier molecular flexibility index (Phi) is 5.13. The summed E-state index contributed by atoms with van der Waals surface area (Å²) >= 11 is 9.21. The van der Waals surface area contributed by atoms with Crippen LogP contribution in [0.1, 0.15) is 17.2 Å². The first-order chi connectivity index (χ1) is 9.51. The number of hydrogen-bond acceptors (Lipinski definition) is 1. The second-order valence-corrected chi connectivity index (χ2v) is 5.72. The Morgan fingerprint density at radius 2 is 1.95 bits per heavy atom. The molecule has 0 aliphatic heterocycles. The minimum absolute atomic E-state index is 0.0776. The first-order valence-electron chi connectivity index (χ1n) is 6.07. The normalized spacial score (nSPS) is 12.4. The fourth-order valence-electron chi connectivity index (χ4n) is 2.04. The monoisotopic (exact) mass is 359 g/mol. The molecule has 0 aromatic heterocycles. The van der Waals surface area contributed by atoms with Gasteiger partial charge in [0.05, 0.1) is 5.02 Å². The number of hydrogen-bond donors (Lipinski definition) is 1. The average Bonchev–Trinajstić information content (AvgIpc) is 2.43. The van der Waals surface area contributed by atoms with Gasteiger partial charge in [-0.05, 0) is 54.9 Å². The average molecular weight is 361 g/mol. The zero-order valence-electron chi connectivity index (χ0n) is 10.8. The molecular formula is C15H13BrClF2N. The Balaban J connectivity index is 2.28. The second kappa shape index (κ2) is 6.66. The highest BCUT2D eigenvalue weighted by Crippen LogP contribution is 2.27. The van der Waals surface area contributed by atoms with E-state index in [0.717, 1.165) is 15.6 Å². The Hall–Kier alpha value is -0.970. The van der Waals surface area contributed by atoms with E-state index < -0.39 is 5.82 Å². The lowest BCUT2D eigenvalue weighted by Gasteiger charge is -2.18. The van der Waals surface area contributed by atoms with Gasteiger partial charge in [0.1, 0.15) is 11.6 Å². The lowest BCUT2D eigenvalue weighted by atomic mass is 9.99. The highest BCUT2D eigenvalue weighted by atomic mass is 79.9. The van der Waals surface area contributed by atoms with E-state index in [1.807, 2.05) is 0 Å².